The number of hydrogen-bond donors (Lipinski definition) is 0. The van der Waals surface area contributed by atoms with Crippen LogP contribution in [-0.2, 0) is 23.2 Å². The summed E-state index contributed by atoms with van der Waals surface area (Å²) >= 11 is -0.299. The quantitative estimate of drug-likeness (QED) is 0.364. The van der Waals surface area contributed by atoms with Crippen LogP contribution >= 0.6 is 0 Å². The minimum Gasteiger partial charge on any atom is -1.00 e. The summed E-state index contributed by atoms with van der Waals surface area (Å²) in [5.41, 5.74) is 1.82. The van der Waals surface area contributed by atoms with Crippen LogP contribution in [0.15, 0.2) is 45.3 Å². The predicted molar refractivity (Wildman–Crippen MR) is 60.2 cm³/mol. The molecule has 3 aliphatic carbocycles. The molecule has 3 rings (SSSR count). The van der Waals surface area contributed by atoms with Crippen LogP contribution in [0.2, 0.25) is 3.63 Å². The van der Waals surface area contributed by atoms with Gasteiger partial charge in [0, 0.05) is 0 Å². The molecule has 0 N–H and O–H groups in total. The second kappa shape index (κ2) is 7.79. The summed E-state index contributed by atoms with van der Waals surface area (Å²) in [6.45, 7) is 0. The van der Waals surface area contributed by atoms with Crippen molar-refractivity contribution in [3.05, 3.63) is 45.3 Å². The van der Waals surface area contributed by atoms with Crippen molar-refractivity contribution in [2.45, 2.75) is 29.3 Å². The second-order valence-corrected chi connectivity index (χ2v) is 8.63. The van der Waals surface area contributed by atoms with E-state index < -0.39 is 0 Å². The molecule has 0 amide bonds. The van der Waals surface area contributed by atoms with Gasteiger partial charge in [0.15, 0.2) is 0 Å². The van der Waals surface area contributed by atoms with Gasteiger partial charge in [0.2, 0.25) is 0 Å². The molecule has 0 saturated heterocycles. The molecule has 0 radical (unpaired) electrons. The van der Waals surface area contributed by atoms with Gasteiger partial charge in [-0.3, -0.25) is 0 Å². The van der Waals surface area contributed by atoms with Crippen LogP contribution < -0.4 is 48.0 Å². The first-order chi connectivity index (χ1) is 7.43. The summed E-state index contributed by atoms with van der Waals surface area (Å²) in [6.07, 6.45) is 19.5. The van der Waals surface area contributed by atoms with Gasteiger partial charge in [0.25, 0.3) is 0 Å². The Hall–Kier alpha value is 1.30. The van der Waals surface area contributed by atoms with Gasteiger partial charge < -0.3 is 48.0 Å². The van der Waals surface area contributed by atoms with Crippen molar-refractivity contribution < 1.29 is 71.2 Å². The van der Waals surface area contributed by atoms with Crippen LogP contribution in [0.25, 0.3) is 0 Å². The Labute approximate surface area is 150 Å². The molecule has 17 heavy (non-hydrogen) atoms. The zero-order chi connectivity index (χ0) is 10.1. The van der Waals surface area contributed by atoms with Gasteiger partial charge in [-0.05, 0) is 0 Å². The van der Waals surface area contributed by atoms with Crippen molar-refractivity contribution >= 4 is 0 Å². The van der Waals surface area contributed by atoms with E-state index in [1.165, 1.54) is 25.7 Å². The van der Waals surface area contributed by atoms with E-state index in [1.807, 2.05) is 5.57 Å². The molecule has 0 aliphatic heterocycles. The molecule has 0 aromatic rings. The minimum absolute atomic E-state index is 0. The normalized spacial score (nSPS) is 28.5. The second-order valence-electron chi connectivity index (χ2n) is 4.63. The SMILES string of the molecule is C1=CC[C]([Zr+2][CH]2CCC3CC=CC=C32)=C1.[I-].[I-]. The molecule has 1 saturated carbocycles. The van der Waals surface area contributed by atoms with Crippen LogP contribution in [-0.4, -0.2) is 0 Å². The maximum Gasteiger partial charge on any atom is -1.00 e. The third-order valence-electron chi connectivity index (χ3n) is 3.65. The summed E-state index contributed by atoms with van der Waals surface area (Å²) in [5, 5.41) is 0. The molecule has 1 fully saturated rings. The van der Waals surface area contributed by atoms with Gasteiger partial charge in [-0.25, -0.2) is 0 Å². The van der Waals surface area contributed by atoms with E-state index in [4.69, 9.17) is 0 Å². The topological polar surface area (TPSA) is 0 Å². The Bertz CT molecular complexity index is 380. The fourth-order valence-corrected chi connectivity index (χ4v) is 6.99. The molecule has 0 heterocycles. The van der Waals surface area contributed by atoms with Gasteiger partial charge in [-0.15, -0.1) is 0 Å². The molecular weight excluding hydrogens is 513 g/mol. The van der Waals surface area contributed by atoms with Gasteiger partial charge in [-0.1, -0.05) is 0 Å². The van der Waals surface area contributed by atoms with Gasteiger partial charge >= 0.3 is 104 Å². The van der Waals surface area contributed by atoms with Crippen LogP contribution in [0.1, 0.15) is 25.7 Å². The maximum absolute atomic E-state index is 2.43. The summed E-state index contributed by atoms with van der Waals surface area (Å²) in [7, 11) is 0. The van der Waals surface area contributed by atoms with E-state index in [2.05, 4.69) is 36.5 Å². The first kappa shape index (κ1) is 16.4. The first-order valence-corrected chi connectivity index (χ1v) is 8.57. The molecule has 0 spiro atoms. The van der Waals surface area contributed by atoms with E-state index in [0.29, 0.717) is 0 Å². The number of allylic oxidation sites excluding steroid dienone is 8. The molecule has 0 aromatic heterocycles. The Morgan fingerprint density at radius 2 is 1.82 bits per heavy atom. The van der Waals surface area contributed by atoms with Crippen molar-refractivity contribution in [3.8, 4) is 0 Å². The van der Waals surface area contributed by atoms with E-state index in [1.54, 1.807) is 3.28 Å². The molecule has 0 bridgehead atoms. The van der Waals surface area contributed by atoms with E-state index in [0.717, 1.165) is 9.54 Å². The monoisotopic (exact) mass is 528 g/mol. The number of halogens is 2. The summed E-state index contributed by atoms with van der Waals surface area (Å²) in [6, 6.07) is 0. The van der Waals surface area contributed by atoms with Gasteiger partial charge in [0.05, 0.1) is 0 Å². The third-order valence-corrected chi connectivity index (χ3v) is 7.86. The van der Waals surface area contributed by atoms with Crippen molar-refractivity contribution in [1.29, 1.82) is 0 Å². The fourth-order valence-electron chi connectivity index (χ4n) is 2.85. The zero-order valence-corrected chi connectivity index (χ0v) is 16.5. The molecule has 0 nitrogen and oxygen atoms in total. The van der Waals surface area contributed by atoms with Gasteiger partial charge in [-0.2, -0.15) is 0 Å². The van der Waals surface area contributed by atoms with Crippen LogP contribution in [0.4, 0.5) is 0 Å². The Morgan fingerprint density at radius 3 is 2.59 bits per heavy atom. The average Bonchev–Trinajstić information content (AvgIpc) is 2.89. The summed E-state index contributed by atoms with van der Waals surface area (Å²) < 4.78 is 2.83. The summed E-state index contributed by atoms with van der Waals surface area (Å²) in [4.78, 5) is 0. The average molecular weight is 529 g/mol. The molecule has 0 aromatic carbocycles. The number of fused-ring (bicyclic) bond motifs is 1. The smallest absolute Gasteiger partial charge is 1.00 e. The fraction of sp³-hybridized carbons (Fsp3) is 0.429. The number of rotatable bonds is 2. The molecule has 90 valence electrons. The Kier molecular flexibility index (Phi) is 7.49. The van der Waals surface area contributed by atoms with Crippen LogP contribution in [0, 0.1) is 5.92 Å². The molecule has 2 atom stereocenters. The van der Waals surface area contributed by atoms with E-state index in [9.17, 15) is 0 Å². The van der Waals surface area contributed by atoms with Crippen molar-refractivity contribution in [2.75, 3.05) is 0 Å². The van der Waals surface area contributed by atoms with Crippen molar-refractivity contribution in [1.82, 2.24) is 0 Å². The first-order valence-electron chi connectivity index (χ1n) is 5.92. The predicted octanol–water partition coefficient (Wildman–Crippen LogP) is -1.99. The van der Waals surface area contributed by atoms with Crippen molar-refractivity contribution in [2.24, 2.45) is 5.92 Å². The maximum atomic E-state index is 2.43. The van der Waals surface area contributed by atoms with Crippen molar-refractivity contribution in [3.63, 3.8) is 0 Å². The standard InChI is InChI=1S/C9H11.C5H5.2HI.Zr/c1-2-5-9-7-3-6-8(9)4-1;1-2-4-5-3-1;;;/h1-2,4,6,9H,3,5,7H2;1-3H,4H2;2*1H;/q;;;;+2/p-2. The number of hydrogen-bond acceptors (Lipinski definition) is 0. The van der Waals surface area contributed by atoms with Gasteiger partial charge in [0.1, 0.15) is 0 Å². The zero-order valence-electron chi connectivity index (χ0n) is 9.70. The largest absolute Gasteiger partial charge is 1.00 e. The minimum atomic E-state index is -0.299. The third kappa shape index (κ3) is 3.88. The Balaban J connectivity index is 0.000000722. The van der Waals surface area contributed by atoms with Crippen LogP contribution in [0.5, 0.6) is 0 Å². The van der Waals surface area contributed by atoms with E-state index in [-0.39, 0.29) is 71.2 Å². The molecular formula is C14H16I2Zr. The van der Waals surface area contributed by atoms with E-state index >= 15 is 0 Å². The molecule has 3 aliphatic rings. The summed E-state index contributed by atoms with van der Waals surface area (Å²) in [5.74, 6) is 0.927. The Morgan fingerprint density at radius 1 is 1.00 bits per heavy atom. The molecule has 3 heteroatoms. The molecule has 2 unspecified atom stereocenters. The van der Waals surface area contributed by atoms with Crippen LogP contribution in [0.3, 0.4) is 0 Å².